The molecule has 0 aliphatic carbocycles. The molecule has 0 amide bonds. The number of nitrogens with one attached hydrogen (secondary N) is 2. The summed E-state index contributed by atoms with van der Waals surface area (Å²) in [6, 6.07) is 13.1. The van der Waals surface area contributed by atoms with Gasteiger partial charge in [-0.1, -0.05) is 12.1 Å². The Bertz CT molecular complexity index is 750. The molecule has 0 aliphatic heterocycles. The molecular formula is C18H21N3O3S. The minimum absolute atomic E-state index is 0.359. The maximum Gasteiger partial charge on any atom is 0.191 e. The van der Waals surface area contributed by atoms with E-state index in [-0.39, 0.29) is 0 Å². The minimum atomic E-state index is 0.359. The van der Waals surface area contributed by atoms with E-state index in [0.717, 1.165) is 17.0 Å². The van der Waals surface area contributed by atoms with Crippen molar-refractivity contribution in [1.82, 2.24) is 5.43 Å². The van der Waals surface area contributed by atoms with Crippen molar-refractivity contribution in [1.29, 1.82) is 0 Å². The number of methoxy groups -OCH3 is 2. The van der Waals surface area contributed by atoms with E-state index < -0.39 is 0 Å². The normalized spacial score (nSPS) is 10.4. The van der Waals surface area contributed by atoms with E-state index in [9.17, 15) is 0 Å². The monoisotopic (exact) mass is 359 g/mol. The number of anilines is 1. The third-order valence-electron chi connectivity index (χ3n) is 3.23. The van der Waals surface area contributed by atoms with Gasteiger partial charge in [-0.3, -0.25) is 5.43 Å². The van der Waals surface area contributed by atoms with Crippen molar-refractivity contribution in [2.45, 2.75) is 6.92 Å². The fourth-order valence-corrected chi connectivity index (χ4v) is 2.28. The Kier molecular flexibility index (Phi) is 7.03. The highest BCUT2D eigenvalue weighted by Crippen LogP contribution is 2.29. The lowest BCUT2D eigenvalue weighted by Gasteiger charge is -2.11. The zero-order valence-electron chi connectivity index (χ0n) is 14.4. The first-order valence-corrected chi connectivity index (χ1v) is 8.12. The summed E-state index contributed by atoms with van der Waals surface area (Å²) < 4.78 is 16.0. The highest BCUT2D eigenvalue weighted by Gasteiger charge is 2.05. The molecule has 0 fully saturated rings. The van der Waals surface area contributed by atoms with Gasteiger partial charge in [0.2, 0.25) is 0 Å². The van der Waals surface area contributed by atoms with Crippen LogP contribution in [0.25, 0.3) is 0 Å². The maximum atomic E-state index is 5.54. The van der Waals surface area contributed by atoms with Gasteiger partial charge in [0, 0.05) is 17.3 Å². The molecule has 2 aromatic carbocycles. The molecule has 2 rings (SSSR count). The largest absolute Gasteiger partial charge is 0.493 e. The molecule has 0 saturated heterocycles. The van der Waals surface area contributed by atoms with Gasteiger partial charge >= 0.3 is 0 Å². The summed E-state index contributed by atoms with van der Waals surface area (Å²) in [5.74, 6) is 2.04. The zero-order chi connectivity index (χ0) is 18.1. The number of para-hydroxylation sites is 1. The van der Waals surface area contributed by atoms with E-state index in [1.807, 2.05) is 37.3 Å². The minimum Gasteiger partial charge on any atom is -0.493 e. The molecule has 0 radical (unpaired) electrons. The van der Waals surface area contributed by atoms with Gasteiger partial charge in [0.1, 0.15) is 5.75 Å². The van der Waals surface area contributed by atoms with E-state index in [2.05, 4.69) is 15.8 Å². The number of nitrogens with zero attached hydrogens (tertiary/aromatic N) is 1. The van der Waals surface area contributed by atoms with Crippen molar-refractivity contribution >= 4 is 29.2 Å². The van der Waals surface area contributed by atoms with Gasteiger partial charge in [-0.05, 0) is 43.4 Å². The smallest absolute Gasteiger partial charge is 0.191 e. The molecule has 0 saturated carbocycles. The zero-order valence-corrected chi connectivity index (χ0v) is 15.2. The second-order valence-corrected chi connectivity index (χ2v) is 5.27. The van der Waals surface area contributed by atoms with Gasteiger partial charge in [-0.15, -0.1) is 0 Å². The molecule has 2 N–H and O–H groups in total. The highest BCUT2D eigenvalue weighted by molar-refractivity contribution is 7.80. The Labute approximate surface area is 152 Å². The molecule has 0 aliphatic rings. The standard InChI is InChI=1S/C18H21N3O3S/c1-4-24-15-8-6-5-7-13(15)12-19-21-18(25)20-14-9-10-16(22-2)17(11-14)23-3/h5-12H,4H2,1-3H3,(H2,20,21,25)/b19-12-. The number of hydrogen-bond donors (Lipinski definition) is 2. The van der Waals surface area contributed by atoms with Crippen LogP contribution in [0.4, 0.5) is 5.69 Å². The van der Waals surface area contributed by atoms with Crippen LogP contribution >= 0.6 is 12.2 Å². The SMILES string of the molecule is CCOc1ccccc1/C=N\NC(=S)Nc1ccc(OC)c(OC)c1. The van der Waals surface area contributed by atoms with E-state index in [1.165, 1.54) is 0 Å². The first-order valence-electron chi connectivity index (χ1n) is 7.71. The Balaban J connectivity index is 1.97. The summed E-state index contributed by atoms with van der Waals surface area (Å²) in [6.07, 6.45) is 1.66. The van der Waals surface area contributed by atoms with Crippen LogP contribution in [-0.2, 0) is 0 Å². The summed E-state index contributed by atoms with van der Waals surface area (Å²) in [7, 11) is 3.17. The molecular weight excluding hydrogens is 338 g/mol. The van der Waals surface area contributed by atoms with E-state index in [0.29, 0.717) is 23.2 Å². The summed E-state index contributed by atoms with van der Waals surface area (Å²) in [5.41, 5.74) is 4.41. The highest BCUT2D eigenvalue weighted by atomic mass is 32.1. The Morgan fingerprint density at radius 3 is 2.56 bits per heavy atom. The lowest BCUT2D eigenvalue weighted by Crippen LogP contribution is -2.23. The van der Waals surface area contributed by atoms with Crippen LogP contribution in [0.5, 0.6) is 17.2 Å². The maximum absolute atomic E-state index is 5.54. The molecule has 0 aromatic heterocycles. The van der Waals surface area contributed by atoms with Crippen LogP contribution in [0, 0.1) is 0 Å². The van der Waals surface area contributed by atoms with Crippen molar-refractivity contribution in [3.63, 3.8) is 0 Å². The summed E-state index contributed by atoms with van der Waals surface area (Å²) in [6.45, 7) is 2.53. The van der Waals surface area contributed by atoms with E-state index in [1.54, 1.807) is 32.6 Å². The number of hydrazone groups is 1. The third-order valence-corrected chi connectivity index (χ3v) is 3.42. The Morgan fingerprint density at radius 1 is 1.08 bits per heavy atom. The number of rotatable bonds is 7. The van der Waals surface area contributed by atoms with Gasteiger partial charge in [-0.2, -0.15) is 5.10 Å². The van der Waals surface area contributed by atoms with Crippen molar-refractivity contribution < 1.29 is 14.2 Å². The molecule has 6 nitrogen and oxygen atoms in total. The molecule has 0 unspecified atom stereocenters. The van der Waals surface area contributed by atoms with Crippen molar-refractivity contribution in [2.24, 2.45) is 5.10 Å². The molecule has 25 heavy (non-hydrogen) atoms. The summed E-state index contributed by atoms with van der Waals surface area (Å²) >= 11 is 5.24. The quantitative estimate of drug-likeness (QED) is 0.449. The second-order valence-electron chi connectivity index (χ2n) is 4.86. The summed E-state index contributed by atoms with van der Waals surface area (Å²) in [5, 5.41) is 7.53. The number of hydrogen-bond acceptors (Lipinski definition) is 5. The molecule has 0 spiro atoms. The van der Waals surface area contributed by atoms with Gasteiger partial charge in [0.15, 0.2) is 16.6 Å². The number of ether oxygens (including phenoxy) is 3. The number of benzene rings is 2. The van der Waals surface area contributed by atoms with Crippen LogP contribution in [0.15, 0.2) is 47.6 Å². The van der Waals surface area contributed by atoms with E-state index >= 15 is 0 Å². The topological polar surface area (TPSA) is 64.1 Å². The fraction of sp³-hybridized carbons (Fsp3) is 0.222. The Hall–Kier alpha value is -2.80. The number of thiocarbonyl (C=S) groups is 1. The van der Waals surface area contributed by atoms with Crippen LogP contribution < -0.4 is 25.0 Å². The Morgan fingerprint density at radius 2 is 1.84 bits per heavy atom. The predicted molar refractivity (Wildman–Crippen MR) is 104 cm³/mol. The molecule has 0 heterocycles. The van der Waals surface area contributed by atoms with E-state index in [4.69, 9.17) is 26.4 Å². The third kappa shape index (κ3) is 5.36. The van der Waals surface area contributed by atoms with Gasteiger partial charge in [0.05, 0.1) is 27.0 Å². The first kappa shape index (κ1) is 18.5. The molecule has 132 valence electrons. The van der Waals surface area contributed by atoms with Gasteiger partial charge < -0.3 is 19.5 Å². The van der Waals surface area contributed by atoms with Crippen LogP contribution in [-0.4, -0.2) is 32.2 Å². The lowest BCUT2D eigenvalue weighted by atomic mass is 10.2. The molecule has 7 heteroatoms. The molecule has 2 aromatic rings. The molecule has 0 bridgehead atoms. The predicted octanol–water partition coefficient (Wildman–Crippen LogP) is 3.42. The van der Waals surface area contributed by atoms with Crippen molar-refractivity contribution in [3.8, 4) is 17.2 Å². The average molecular weight is 359 g/mol. The van der Waals surface area contributed by atoms with Gasteiger partial charge in [0.25, 0.3) is 0 Å². The van der Waals surface area contributed by atoms with Crippen LogP contribution in [0.3, 0.4) is 0 Å². The fourth-order valence-electron chi connectivity index (χ4n) is 2.11. The first-order chi connectivity index (χ1) is 12.2. The van der Waals surface area contributed by atoms with Gasteiger partial charge in [-0.25, -0.2) is 0 Å². The lowest BCUT2D eigenvalue weighted by molar-refractivity contribution is 0.340. The van der Waals surface area contributed by atoms with Crippen LogP contribution in [0.1, 0.15) is 12.5 Å². The second kappa shape index (κ2) is 9.48. The van der Waals surface area contributed by atoms with Crippen molar-refractivity contribution in [2.75, 3.05) is 26.1 Å². The molecule has 0 atom stereocenters. The van der Waals surface area contributed by atoms with Crippen molar-refractivity contribution in [3.05, 3.63) is 48.0 Å². The summed E-state index contributed by atoms with van der Waals surface area (Å²) in [4.78, 5) is 0. The average Bonchev–Trinajstić information content (AvgIpc) is 2.63. The van der Waals surface area contributed by atoms with Crippen LogP contribution in [0.2, 0.25) is 0 Å².